The number of hydrogen-bond donors (Lipinski definition) is 1. The minimum atomic E-state index is -3.78. The summed E-state index contributed by atoms with van der Waals surface area (Å²) in [6.45, 7) is 1.71. The molecule has 1 N–H and O–H groups in total. The van der Waals surface area contributed by atoms with Crippen molar-refractivity contribution in [3.63, 3.8) is 0 Å². The first-order valence-corrected chi connectivity index (χ1v) is 10.1. The Labute approximate surface area is 167 Å². The van der Waals surface area contributed by atoms with Gasteiger partial charge in [-0.3, -0.25) is 0 Å². The number of hydrogen-bond acceptors (Lipinski definition) is 4. The van der Waals surface area contributed by atoms with Gasteiger partial charge in [0.1, 0.15) is 5.75 Å². The molecule has 0 amide bonds. The number of ether oxygens (including phenoxy) is 1. The Balaban J connectivity index is 1.73. The van der Waals surface area contributed by atoms with Crippen molar-refractivity contribution >= 4 is 16.1 Å². The number of halogens is 2. The second-order valence-electron chi connectivity index (χ2n) is 6.27. The maximum Gasteiger partial charge on any atom is 0.234 e. The molecule has 6 nitrogen and oxygen atoms in total. The number of nitrogens with zero attached hydrogens (tertiary/aromatic N) is 2. The molecule has 29 heavy (non-hydrogen) atoms. The molecular weight excluding hydrogens is 400 g/mol. The molecule has 0 fully saturated rings. The smallest absolute Gasteiger partial charge is 0.234 e. The maximum atomic E-state index is 13.2. The van der Waals surface area contributed by atoms with Gasteiger partial charge in [-0.1, -0.05) is 12.1 Å². The molecule has 0 aliphatic heterocycles. The fourth-order valence-electron chi connectivity index (χ4n) is 2.61. The first-order valence-electron chi connectivity index (χ1n) is 8.58. The largest absolute Gasteiger partial charge is 0.495 e. The highest BCUT2D eigenvalue weighted by molar-refractivity contribution is 7.92. The fraction of sp³-hybridized carbons (Fsp3) is 0.150. The normalized spacial score (nSPS) is 11.9. The molecule has 0 aliphatic rings. The Morgan fingerprint density at radius 3 is 2.62 bits per heavy atom. The lowest BCUT2D eigenvalue weighted by atomic mass is 10.2. The molecule has 152 valence electrons. The zero-order valence-corrected chi connectivity index (χ0v) is 16.6. The van der Waals surface area contributed by atoms with Crippen molar-refractivity contribution in [1.29, 1.82) is 0 Å². The van der Waals surface area contributed by atoms with Gasteiger partial charge in [0.05, 0.1) is 24.8 Å². The Kier molecular flexibility index (Phi) is 6.09. The molecule has 1 aromatic heterocycles. The zero-order valence-electron chi connectivity index (χ0n) is 15.8. The van der Waals surface area contributed by atoms with E-state index in [1.807, 2.05) is 17.7 Å². The highest BCUT2D eigenvalue weighted by Crippen LogP contribution is 2.25. The van der Waals surface area contributed by atoms with Crippen LogP contribution in [-0.4, -0.2) is 25.1 Å². The third-order valence-electron chi connectivity index (χ3n) is 4.09. The second kappa shape index (κ2) is 8.54. The van der Waals surface area contributed by atoms with Crippen LogP contribution in [0.25, 0.3) is 11.8 Å². The van der Waals surface area contributed by atoms with E-state index in [-0.39, 0.29) is 6.54 Å². The minimum absolute atomic E-state index is 0.161. The highest BCUT2D eigenvalue weighted by Gasteiger charge is 2.09. The van der Waals surface area contributed by atoms with Crippen LogP contribution in [0.1, 0.15) is 16.8 Å². The Bertz CT molecular complexity index is 1160. The van der Waals surface area contributed by atoms with Crippen molar-refractivity contribution in [3.05, 3.63) is 82.8 Å². The van der Waals surface area contributed by atoms with Gasteiger partial charge in [0.15, 0.2) is 11.6 Å². The van der Waals surface area contributed by atoms with Crippen molar-refractivity contribution in [2.45, 2.75) is 13.5 Å². The lowest BCUT2D eigenvalue weighted by molar-refractivity contribution is 0.413. The molecule has 0 spiro atoms. The predicted molar refractivity (Wildman–Crippen MR) is 106 cm³/mol. The van der Waals surface area contributed by atoms with Crippen LogP contribution in [0.15, 0.2) is 54.3 Å². The van der Waals surface area contributed by atoms with E-state index in [1.165, 1.54) is 19.3 Å². The minimum Gasteiger partial charge on any atom is -0.495 e. The molecule has 0 unspecified atom stereocenters. The van der Waals surface area contributed by atoms with Crippen LogP contribution in [0.5, 0.6) is 5.75 Å². The molecular formula is C20H19F2N3O3S. The lowest BCUT2D eigenvalue weighted by Crippen LogP contribution is -2.20. The van der Waals surface area contributed by atoms with Crippen LogP contribution in [0.3, 0.4) is 0 Å². The van der Waals surface area contributed by atoms with E-state index in [4.69, 9.17) is 4.74 Å². The van der Waals surface area contributed by atoms with Gasteiger partial charge in [-0.2, -0.15) is 0 Å². The molecule has 1 heterocycles. The summed E-state index contributed by atoms with van der Waals surface area (Å²) in [5.74, 6) is -1.46. The van der Waals surface area contributed by atoms with Crippen LogP contribution in [0, 0.1) is 18.6 Å². The van der Waals surface area contributed by atoms with E-state index < -0.39 is 21.7 Å². The van der Waals surface area contributed by atoms with E-state index in [9.17, 15) is 17.2 Å². The summed E-state index contributed by atoms with van der Waals surface area (Å²) in [6, 6.07) is 8.45. The van der Waals surface area contributed by atoms with Gasteiger partial charge < -0.3 is 9.30 Å². The van der Waals surface area contributed by atoms with Crippen molar-refractivity contribution in [3.8, 4) is 11.4 Å². The number of nitrogens with one attached hydrogen (secondary N) is 1. The molecule has 3 aromatic rings. The van der Waals surface area contributed by atoms with Gasteiger partial charge in [-0.25, -0.2) is 26.9 Å². The number of aromatic nitrogens is 2. The Hall–Kier alpha value is -3.04. The third kappa shape index (κ3) is 5.27. The van der Waals surface area contributed by atoms with Crippen LogP contribution >= 0.6 is 0 Å². The number of imidazole rings is 1. The summed E-state index contributed by atoms with van der Waals surface area (Å²) < 4.78 is 60.0. The van der Waals surface area contributed by atoms with Crippen LogP contribution < -0.4 is 9.46 Å². The number of benzene rings is 2. The molecule has 0 bridgehead atoms. The monoisotopic (exact) mass is 419 g/mol. The van der Waals surface area contributed by atoms with Gasteiger partial charge in [-0.05, 0) is 48.4 Å². The second-order valence-corrected chi connectivity index (χ2v) is 7.92. The van der Waals surface area contributed by atoms with E-state index in [0.717, 1.165) is 28.9 Å². The van der Waals surface area contributed by atoms with Gasteiger partial charge in [0.25, 0.3) is 0 Å². The summed E-state index contributed by atoms with van der Waals surface area (Å²) in [4.78, 5) is 4.18. The maximum absolute atomic E-state index is 13.2. The number of aryl methyl sites for hydroxylation is 1. The van der Waals surface area contributed by atoms with E-state index in [0.29, 0.717) is 16.9 Å². The van der Waals surface area contributed by atoms with Crippen LogP contribution in [-0.2, 0) is 16.6 Å². The molecule has 2 aromatic carbocycles. The molecule has 0 saturated heterocycles. The first-order chi connectivity index (χ1) is 13.8. The number of rotatable bonds is 7. The van der Waals surface area contributed by atoms with Crippen molar-refractivity contribution < 1.29 is 21.9 Å². The van der Waals surface area contributed by atoms with Crippen molar-refractivity contribution in [1.82, 2.24) is 14.3 Å². The van der Waals surface area contributed by atoms with Crippen LogP contribution in [0.2, 0.25) is 0 Å². The molecule has 0 saturated carbocycles. The summed E-state index contributed by atoms with van der Waals surface area (Å²) in [5, 5.41) is 1.00. The summed E-state index contributed by atoms with van der Waals surface area (Å²) >= 11 is 0. The summed E-state index contributed by atoms with van der Waals surface area (Å²) in [6.07, 6.45) is 4.93. The van der Waals surface area contributed by atoms with Crippen molar-refractivity contribution in [2.75, 3.05) is 7.11 Å². The molecule has 0 aliphatic carbocycles. The van der Waals surface area contributed by atoms with E-state index in [1.54, 1.807) is 24.5 Å². The number of sulfonamides is 1. The number of methoxy groups -OCH3 is 1. The summed E-state index contributed by atoms with van der Waals surface area (Å²) in [5.41, 5.74) is 2.54. The standard InChI is InChI=1S/C20H19F2N3O3S/c1-14-12-25(13-23-14)19-6-4-15(10-20(19)28-2)7-8-29(26,27)24-11-16-3-5-17(21)18(22)9-16/h3-10,12-13,24H,11H2,1-2H3/b8-7+. The Morgan fingerprint density at radius 2 is 1.97 bits per heavy atom. The molecule has 0 radical (unpaired) electrons. The van der Waals surface area contributed by atoms with Gasteiger partial charge in [0.2, 0.25) is 10.0 Å². The molecule has 3 rings (SSSR count). The molecule has 0 atom stereocenters. The fourth-order valence-corrected chi connectivity index (χ4v) is 3.41. The topological polar surface area (TPSA) is 73.2 Å². The average molecular weight is 419 g/mol. The third-order valence-corrected chi connectivity index (χ3v) is 5.14. The van der Waals surface area contributed by atoms with Gasteiger partial charge in [0, 0.05) is 18.1 Å². The SMILES string of the molecule is COc1cc(/C=C/S(=O)(=O)NCc2ccc(F)c(F)c2)ccc1-n1cnc(C)c1. The van der Waals surface area contributed by atoms with E-state index >= 15 is 0 Å². The van der Waals surface area contributed by atoms with Gasteiger partial charge in [-0.15, -0.1) is 0 Å². The quantitative estimate of drug-likeness (QED) is 0.636. The van der Waals surface area contributed by atoms with Crippen molar-refractivity contribution in [2.24, 2.45) is 0 Å². The van der Waals surface area contributed by atoms with Gasteiger partial charge >= 0.3 is 0 Å². The highest BCUT2D eigenvalue weighted by atomic mass is 32.2. The molecule has 9 heteroatoms. The van der Waals surface area contributed by atoms with Crippen LogP contribution in [0.4, 0.5) is 8.78 Å². The average Bonchev–Trinajstić information content (AvgIpc) is 3.13. The predicted octanol–water partition coefficient (Wildman–Crippen LogP) is 3.56. The zero-order chi connectivity index (χ0) is 21.0. The van der Waals surface area contributed by atoms with E-state index in [2.05, 4.69) is 9.71 Å². The Morgan fingerprint density at radius 1 is 1.17 bits per heavy atom. The lowest BCUT2D eigenvalue weighted by Gasteiger charge is -2.10. The first kappa shape index (κ1) is 20.7. The summed E-state index contributed by atoms with van der Waals surface area (Å²) in [7, 11) is -2.26.